The van der Waals surface area contributed by atoms with E-state index in [0.29, 0.717) is 6.07 Å². The average molecular weight is 666 g/mol. The zero-order valence-electron chi connectivity index (χ0n) is 20.6. The van der Waals surface area contributed by atoms with Gasteiger partial charge >= 0.3 is 10.4 Å². The Morgan fingerprint density at radius 2 is 1.17 bits per heavy atom. The second-order valence-electron chi connectivity index (χ2n) is 7.81. The van der Waals surface area contributed by atoms with Crippen molar-refractivity contribution >= 4 is 74.9 Å². The second-order valence-corrected chi connectivity index (χ2v) is 13.8. The Labute approximate surface area is 238 Å². The summed E-state index contributed by atoms with van der Waals surface area (Å²) < 4.78 is 125. The summed E-state index contributed by atoms with van der Waals surface area (Å²) in [4.78, 5) is 1.56. The molecule has 0 saturated carbocycles. The average Bonchev–Trinajstić information content (AvgIpc) is 2.85. The SMILES string of the molecule is Nc1nc(N)c(N=Nc2ccc(S(=O)(=O)CCOS(=O)(=O)O)cc2S(=O)(=O)O)cc1N=Nc1ccccc1S(=O)(=O)O. The molecule has 0 aliphatic rings. The first-order valence-corrected chi connectivity index (χ1v) is 16.6. The van der Waals surface area contributed by atoms with Crippen LogP contribution in [0, 0.1) is 0 Å². The van der Waals surface area contributed by atoms with Crippen LogP contribution >= 0.6 is 0 Å². The highest BCUT2D eigenvalue weighted by Gasteiger charge is 2.23. The van der Waals surface area contributed by atoms with E-state index in [4.69, 9.17) is 16.0 Å². The predicted octanol–water partition coefficient (Wildman–Crippen LogP) is 2.16. The van der Waals surface area contributed by atoms with Crippen LogP contribution in [0.5, 0.6) is 0 Å². The molecule has 7 N–H and O–H groups in total. The molecule has 2 aromatic carbocycles. The third-order valence-corrected chi connectivity index (χ3v) is 8.79. The van der Waals surface area contributed by atoms with E-state index >= 15 is 0 Å². The van der Waals surface area contributed by atoms with Crippen LogP contribution in [-0.4, -0.2) is 64.7 Å². The molecule has 0 unspecified atom stereocenters. The number of nitrogens with two attached hydrogens (primary N) is 2. The molecule has 0 fully saturated rings. The summed E-state index contributed by atoms with van der Waals surface area (Å²) in [6.45, 7) is -0.992. The quantitative estimate of drug-likeness (QED) is 0.145. The Kier molecular flexibility index (Phi) is 9.38. The molecule has 3 aromatic rings. The molecule has 0 spiro atoms. The van der Waals surface area contributed by atoms with E-state index in [0.717, 1.165) is 24.3 Å². The van der Waals surface area contributed by atoms with Crippen LogP contribution < -0.4 is 11.5 Å². The molecule has 0 aliphatic heterocycles. The largest absolute Gasteiger partial charge is 0.397 e. The smallest absolute Gasteiger partial charge is 0.382 e. The van der Waals surface area contributed by atoms with E-state index in [1.807, 2.05) is 0 Å². The lowest BCUT2D eigenvalue weighted by molar-refractivity contribution is 0.284. The van der Waals surface area contributed by atoms with E-state index in [1.165, 1.54) is 18.2 Å². The third kappa shape index (κ3) is 8.52. The van der Waals surface area contributed by atoms with Crippen LogP contribution in [0.1, 0.15) is 0 Å². The summed E-state index contributed by atoms with van der Waals surface area (Å²) in [7, 11) is -19.1. The van der Waals surface area contributed by atoms with Crippen molar-refractivity contribution < 1.29 is 51.5 Å². The standard InChI is InChI=1S/C19H19N7O12S4/c20-18-14(25-23-12-3-1-2-4-16(12)40(29,30)31)10-15(19(21)22-18)26-24-13-6-5-11(9-17(13)41(32,33)34)39(27,28)8-7-38-42(35,36)37/h1-6,9-10H,7-8H2,(H4,20,21,22)(H,29,30,31)(H,32,33,34)(H,35,36,37). The number of rotatable bonds is 11. The first-order valence-electron chi connectivity index (χ1n) is 10.7. The predicted molar refractivity (Wildman–Crippen MR) is 143 cm³/mol. The molecule has 0 radical (unpaired) electrons. The number of aromatic nitrogens is 1. The fourth-order valence-electron chi connectivity index (χ4n) is 3.00. The fraction of sp³-hybridized carbons (Fsp3) is 0.105. The maximum atomic E-state index is 12.5. The van der Waals surface area contributed by atoms with Crippen molar-refractivity contribution in [1.82, 2.24) is 4.98 Å². The van der Waals surface area contributed by atoms with Gasteiger partial charge in [0.15, 0.2) is 21.5 Å². The first kappa shape index (κ1) is 32.5. The minimum atomic E-state index is -5.10. The van der Waals surface area contributed by atoms with Gasteiger partial charge in [0, 0.05) is 6.07 Å². The van der Waals surface area contributed by atoms with E-state index in [1.54, 1.807) is 0 Å². The number of azo groups is 2. The second kappa shape index (κ2) is 12.1. The molecule has 0 atom stereocenters. The van der Waals surface area contributed by atoms with Gasteiger partial charge in [-0.25, -0.2) is 17.6 Å². The molecule has 23 heteroatoms. The molecule has 1 heterocycles. The van der Waals surface area contributed by atoms with Gasteiger partial charge in [-0.2, -0.15) is 25.3 Å². The van der Waals surface area contributed by atoms with Crippen molar-refractivity contribution in [1.29, 1.82) is 0 Å². The maximum Gasteiger partial charge on any atom is 0.397 e. The zero-order chi connectivity index (χ0) is 31.5. The summed E-state index contributed by atoms with van der Waals surface area (Å²) in [6.07, 6.45) is 0. The van der Waals surface area contributed by atoms with Crippen molar-refractivity contribution in [3.05, 3.63) is 48.5 Å². The van der Waals surface area contributed by atoms with Crippen molar-refractivity contribution in [2.45, 2.75) is 14.7 Å². The first-order chi connectivity index (χ1) is 19.3. The Bertz CT molecular complexity index is 2030. The Morgan fingerprint density at radius 1 is 0.667 bits per heavy atom. The lowest BCUT2D eigenvalue weighted by Crippen LogP contribution is -2.16. The van der Waals surface area contributed by atoms with Crippen LogP contribution in [0.4, 0.5) is 34.4 Å². The highest BCUT2D eigenvalue weighted by Crippen LogP contribution is 2.35. The van der Waals surface area contributed by atoms with E-state index < -0.39 is 73.2 Å². The van der Waals surface area contributed by atoms with E-state index in [-0.39, 0.29) is 28.7 Å². The zero-order valence-corrected chi connectivity index (χ0v) is 23.8. The van der Waals surface area contributed by atoms with Gasteiger partial charge < -0.3 is 11.5 Å². The number of anilines is 2. The van der Waals surface area contributed by atoms with E-state index in [9.17, 15) is 42.8 Å². The minimum absolute atomic E-state index is 0.202. The Balaban J connectivity index is 1.99. The van der Waals surface area contributed by atoms with Gasteiger partial charge in [-0.05, 0) is 30.3 Å². The number of sulfone groups is 1. The maximum absolute atomic E-state index is 12.5. The van der Waals surface area contributed by atoms with Crippen molar-refractivity contribution in [3.63, 3.8) is 0 Å². The van der Waals surface area contributed by atoms with Gasteiger partial charge in [0.05, 0.1) is 17.3 Å². The summed E-state index contributed by atoms with van der Waals surface area (Å²) in [5, 5.41) is 14.9. The molecule has 226 valence electrons. The summed E-state index contributed by atoms with van der Waals surface area (Å²) in [5.74, 6) is -1.61. The number of hydrogen-bond acceptors (Lipinski definition) is 16. The van der Waals surface area contributed by atoms with Gasteiger partial charge in [0.25, 0.3) is 20.2 Å². The molecule has 3 rings (SSSR count). The van der Waals surface area contributed by atoms with Crippen LogP contribution in [0.3, 0.4) is 0 Å². The molecule has 42 heavy (non-hydrogen) atoms. The highest BCUT2D eigenvalue weighted by molar-refractivity contribution is 7.91. The van der Waals surface area contributed by atoms with Crippen LogP contribution in [-0.2, 0) is 44.7 Å². The molecule has 0 amide bonds. The highest BCUT2D eigenvalue weighted by atomic mass is 32.3. The molecule has 0 aliphatic carbocycles. The third-order valence-electron chi connectivity index (χ3n) is 4.87. The number of benzene rings is 2. The monoisotopic (exact) mass is 665 g/mol. The fourth-order valence-corrected chi connectivity index (χ4v) is 5.86. The van der Waals surface area contributed by atoms with Gasteiger partial charge in [0.2, 0.25) is 0 Å². The molecule has 0 saturated heterocycles. The number of pyridine rings is 1. The lowest BCUT2D eigenvalue weighted by Gasteiger charge is -2.08. The minimum Gasteiger partial charge on any atom is -0.382 e. The number of nitrogens with zero attached hydrogens (tertiary/aromatic N) is 5. The van der Waals surface area contributed by atoms with Gasteiger partial charge in [0.1, 0.15) is 32.5 Å². The number of nitrogen functional groups attached to an aromatic ring is 2. The van der Waals surface area contributed by atoms with Crippen LogP contribution in [0.15, 0.2) is 83.7 Å². The van der Waals surface area contributed by atoms with Crippen LogP contribution in [0.2, 0.25) is 0 Å². The van der Waals surface area contributed by atoms with Gasteiger partial charge in [-0.1, -0.05) is 12.1 Å². The van der Waals surface area contributed by atoms with E-state index in [2.05, 4.69) is 29.6 Å². The van der Waals surface area contributed by atoms with Gasteiger partial charge in [-0.15, -0.1) is 20.5 Å². The molecular formula is C19H19N7O12S4. The van der Waals surface area contributed by atoms with Crippen molar-refractivity contribution in [3.8, 4) is 0 Å². The Morgan fingerprint density at radius 3 is 1.69 bits per heavy atom. The van der Waals surface area contributed by atoms with Crippen molar-refractivity contribution in [2.75, 3.05) is 23.8 Å². The molecule has 0 bridgehead atoms. The molecule has 19 nitrogen and oxygen atoms in total. The molecular weight excluding hydrogens is 647 g/mol. The van der Waals surface area contributed by atoms with Gasteiger partial charge in [-0.3, -0.25) is 13.7 Å². The topological polar surface area (TPSA) is 321 Å². The molecule has 1 aromatic heterocycles. The number of hydrogen-bond donors (Lipinski definition) is 5. The van der Waals surface area contributed by atoms with Crippen molar-refractivity contribution in [2.24, 2.45) is 20.5 Å². The summed E-state index contributed by atoms with van der Waals surface area (Å²) in [5.41, 5.74) is 10.3. The summed E-state index contributed by atoms with van der Waals surface area (Å²) >= 11 is 0. The van der Waals surface area contributed by atoms with Crippen LogP contribution in [0.25, 0.3) is 0 Å². The Hall–Kier alpha value is -3.97. The lowest BCUT2D eigenvalue weighted by atomic mass is 10.3. The normalized spacial score (nSPS) is 13.2. The summed E-state index contributed by atoms with van der Waals surface area (Å²) in [6, 6.07) is 8.41.